The molecule has 0 radical (unpaired) electrons. The van der Waals surface area contributed by atoms with E-state index >= 15 is 0 Å². The highest BCUT2D eigenvalue weighted by Crippen LogP contribution is 2.52. The highest BCUT2D eigenvalue weighted by atomic mass is 16.4. The van der Waals surface area contributed by atoms with Gasteiger partial charge in [-0.3, -0.25) is 9.69 Å². The lowest BCUT2D eigenvalue weighted by Gasteiger charge is -2.41. The summed E-state index contributed by atoms with van der Waals surface area (Å²) in [6.07, 6.45) is 2.37. The molecule has 2 aliphatic rings. The zero-order valence-corrected chi connectivity index (χ0v) is 16.3. The van der Waals surface area contributed by atoms with Crippen LogP contribution in [0.15, 0.2) is 48.5 Å². The van der Waals surface area contributed by atoms with E-state index in [1.165, 1.54) is 0 Å². The number of rotatable bonds is 4. The van der Waals surface area contributed by atoms with Crippen molar-refractivity contribution in [2.45, 2.75) is 57.2 Å². The molecule has 0 unspecified atom stereocenters. The summed E-state index contributed by atoms with van der Waals surface area (Å²) in [5.74, 6) is -0.139. The Hall–Kier alpha value is -2.82. The van der Waals surface area contributed by atoms with Gasteiger partial charge in [-0.2, -0.15) is 0 Å². The van der Waals surface area contributed by atoms with Crippen molar-refractivity contribution < 1.29 is 14.7 Å². The topological polar surface area (TPSA) is 69.6 Å². The molecule has 1 atom stereocenters. The van der Waals surface area contributed by atoms with Crippen LogP contribution in [-0.4, -0.2) is 33.6 Å². The zero-order valence-electron chi connectivity index (χ0n) is 16.3. The van der Waals surface area contributed by atoms with E-state index in [1.807, 2.05) is 62.4 Å². The summed E-state index contributed by atoms with van der Waals surface area (Å²) in [5, 5.41) is 13.1. The van der Waals surface area contributed by atoms with Crippen molar-refractivity contribution in [1.82, 2.24) is 10.2 Å². The number of fused-ring (bicyclic) bond motifs is 2. The van der Waals surface area contributed by atoms with E-state index in [9.17, 15) is 14.7 Å². The average Bonchev–Trinajstić information content (AvgIpc) is 3.23. The Balaban J connectivity index is 1.76. The predicted octanol–water partition coefficient (Wildman–Crippen LogP) is 4.45. The normalized spacial score (nSPS) is 24.2. The quantitative estimate of drug-likeness (QED) is 0.826. The lowest BCUT2D eigenvalue weighted by Crippen LogP contribution is -2.54. The fraction of sp³-hybridized carbons (Fsp3) is 0.391. The van der Waals surface area contributed by atoms with Gasteiger partial charge in [0.1, 0.15) is 0 Å². The first-order chi connectivity index (χ1) is 13.4. The molecule has 0 spiro atoms. The fourth-order valence-electron chi connectivity index (χ4n) is 5.29. The summed E-state index contributed by atoms with van der Waals surface area (Å²) in [6.45, 7) is 3.87. The maximum atomic E-state index is 13.3. The molecule has 28 heavy (non-hydrogen) atoms. The second kappa shape index (κ2) is 6.97. The van der Waals surface area contributed by atoms with Gasteiger partial charge >= 0.3 is 6.09 Å². The minimum atomic E-state index is -0.887. The van der Waals surface area contributed by atoms with Crippen LogP contribution in [0.4, 0.5) is 4.79 Å². The molecule has 2 fully saturated rings. The number of benzene rings is 2. The van der Waals surface area contributed by atoms with Gasteiger partial charge in [0.15, 0.2) is 0 Å². The minimum Gasteiger partial charge on any atom is -0.465 e. The first kappa shape index (κ1) is 18.5. The lowest BCUT2D eigenvalue weighted by molar-refractivity contribution is 0.0734. The Morgan fingerprint density at radius 2 is 1.64 bits per heavy atom. The minimum absolute atomic E-state index is 0.0563. The second-order valence-electron chi connectivity index (χ2n) is 8.07. The molecular formula is C23H26N2O3. The van der Waals surface area contributed by atoms with E-state index in [1.54, 1.807) is 4.90 Å². The summed E-state index contributed by atoms with van der Waals surface area (Å²) < 4.78 is 0. The largest absolute Gasteiger partial charge is 0.465 e. The number of hydrogen-bond acceptors (Lipinski definition) is 2. The molecule has 2 saturated heterocycles. The van der Waals surface area contributed by atoms with E-state index in [-0.39, 0.29) is 18.0 Å². The molecule has 2 N–H and O–H groups in total. The van der Waals surface area contributed by atoms with E-state index < -0.39 is 11.6 Å². The highest BCUT2D eigenvalue weighted by Gasteiger charge is 2.58. The van der Waals surface area contributed by atoms with Gasteiger partial charge in [-0.15, -0.1) is 0 Å². The standard InChI is InChI=1S/C23H26N2O3/c1-15-7-6-8-16(2)19(15)21(26)24-20(17-9-4-3-5-10-17)23-13-11-18(12-14-23)25(23)22(27)28/h3-10,18,20H,11-14H2,1-2H3,(H,24,26)(H,27,28)/t18?,20-,23?/m1/s1. The van der Waals surface area contributed by atoms with Gasteiger partial charge < -0.3 is 10.4 Å². The van der Waals surface area contributed by atoms with Crippen molar-refractivity contribution in [3.8, 4) is 0 Å². The van der Waals surface area contributed by atoms with Crippen molar-refractivity contribution in [3.05, 3.63) is 70.8 Å². The highest BCUT2D eigenvalue weighted by molar-refractivity contribution is 5.97. The zero-order chi connectivity index (χ0) is 19.9. The van der Waals surface area contributed by atoms with E-state index in [0.29, 0.717) is 5.56 Å². The van der Waals surface area contributed by atoms with E-state index in [0.717, 1.165) is 42.4 Å². The maximum Gasteiger partial charge on any atom is 0.408 e. The molecule has 0 aliphatic carbocycles. The van der Waals surface area contributed by atoms with Gasteiger partial charge in [0.2, 0.25) is 0 Å². The molecule has 5 heteroatoms. The first-order valence-corrected chi connectivity index (χ1v) is 9.88. The third-order valence-electron chi connectivity index (χ3n) is 6.53. The van der Waals surface area contributed by atoms with Crippen LogP contribution in [-0.2, 0) is 0 Å². The van der Waals surface area contributed by atoms with Crippen LogP contribution in [0.25, 0.3) is 0 Å². The molecule has 2 aromatic carbocycles. The Morgan fingerprint density at radius 1 is 1.04 bits per heavy atom. The summed E-state index contributed by atoms with van der Waals surface area (Å²) in [5.41, 5.74) is 2.90. The Morgan fingerprint density at radius 3 is 2.21 bits per heavy atom. The van der Waals surface area contributed by atoms with E-state index in [4.69, 9.17) is 0 Å². The predicted molar refractivity (Wildman–Crippen MR) is 107 cm³/mol. The molecule has 0 saturated carbocycles. The first-order valence-electron chi connectivity index (χ1n) is 9.88. The number of amides is 2. The number of carboxylic acid groups (broad SMARTS) is 1. The number of carbonyl (C=O) groups excluding carboxylic acids is 1. The second-order valence-corrected chi connectivity index (χ2v) is 8.07. The van der Waals surface area contributed by atoms with Crippen molar-refractivity contribution in [1.29, 1.82) is 0 Å². The number of aryl methyl sites for hydroxylation is 2. The van der Waals surface area contributed by atoms with Gasteiger partial charge in [0.25, 0.3) is 5.91 Å². The Labute approximate surface area is 165 Å². The number of carbonyl (C=O) groups is 2. The van der Waals surface area contributed by atoms with E-state index in [2.05, 4.69) is 5.32 Å². The lowest BCUT2D eigenvalue weighted by atomic mass is 9.78. The molecule has 146 valence electrons. The van der Waals surface area contributed by atoms with Crippen molar-refractivity contribution in [2.75, 3.05) is 0 Å². The molecular weight excluding hydrogens is 352 g/mol. The maximum absolute atomic E-state index is 13.3. The van der Waals surface area contributed by atoms with Crippen molar-refractivity contribution in [2.24, 2.45) is 0 Å². The van der Waals surface area contributed by atoms with Crippen LogP contribution < -0.4 is 5.32 Å². The third-order valence-corrected chi connectivity index (χ3v) is 6.53. The Kier molecular flexibility index (Phi) is 4.61. The van der Waals surface area contributed by atoms with Crippen molar-refractivity contribution in [3.63, 3.8) is 0 Å². The molecule has 2 heterocycles. The molecule has 4 rings (SSSR count). The van der Waals surface area contributed by atoms with Gasteiger partial charge in [-0.1, -0.05) is 48.5 Å². The summed E-state index contributed by atoms with van der Waals surface area (Å²) in [7, 11) is 0. The summed E-state index contributed by atoms with van der Waals surface area (Å²) in [6, 6.07) is 15.3. The van der Waals surface area contributed by atoms with Crippen LogP contribution in [0.2, 0.25) is 0 Å². The Bertz CT molecular complexity index is 881. The van der Waals surface area contributed by atoms with Gasteiger partial charge in [-0.05, 0) is 56.2 Å². The van der Waals surface area contributed by atoms with Crippen LogP contribution in [0.5, 0.6) is 0 Å². The molecule has 0 aromatic heterocycles. The van der Waals surface area contributed by atoms with Crippen LogP contribution >= 0.6 is 0 Å². The average molecular weight is 378 g/mol. The van der Waals surface area contributed by atoms with Gasteiger partial charge in [0.05, 0.1) is 11.6 Å². The SMILES string of the molecule is Cc1cccc(C)c1C(=O)N[C@H](c1ccccc1)C12CCC(CC1)N2C(=O)O. The summed E-state index contributed by atoms with van der Waals surface area (Å²) in [4.78, 5) is 27.0. The monoisotopic (exact) mass is 378 g/mol. The number of hydrogen-bond donors (Lipinski definition) is 2. The van der Waals surface area contributed by atoms with Crippen LogP contribution in [0, 0.1) is 13.8 Å². The third kappa shape index (κ3) is 2.86. The van der Waals surface area contributed by atoms with Gasteiger partial charge in [-0.25, -0.2) is 4.79 Å². The fourth-order valence-corrected chi connectivity index (χ4v) is 5.29. The summed E-state index contributed by atoms with van der Waals surface area (Å²) >= 11 is 0. The molecule has 2 aliphatic heterocycles. The molecule has 2 bridgehead atoms. The number of nitrogens with zero attached hydrogens (tertiary/aromatic N) is 1. The van der Waals surface area contributed by atoms with Crippen LogP contribution in [0.1, 0.15) is 58.8 Å². The molecule has 5 nitrogen and oxygen atoms in total. The molecule has 2 aromatic rings. The number of nitrogens with one attached hydrogen (secondary N) is 1. The molecule has 2 amide bonds. The van der Waals surface area contributed by atoms with Gasteiger partial charge in [0, 0.05) is 11.6 Å². The van der Waals surface area contributed by atoms with Crippen molar-refractivity contribution >= 4 is 12.0 Å². The smallest absolute Gasteiger partial charge is 0.408 e. The van der Waals surface area contributed by atoms with Crippen LogP contribution in [0.3, 0.4) is 0 Å².